The standard InChI is InChI=1S/C20H19FN2O4/c1-23-16-10-14(4-8-18(16)27-12-20(23)26)17(24)7-9-19(25)22-11-13-2-5-15(21)6-3-13/h2-6,8,10H,7,9,11-12H2,1H3,(H,22,25). The van der Waals surface area contributed by atoms with Crippen LogP contribution in [0.1, 0.15) is 28.8 Å². The number of hydrogen-bond donors (Lipinski definition) is 1. The first-order valence-corrected chi connectivity index (χ1v) is 8.52. The van der Waals surface area contributed by atoms with Gasteiger partial charge in [-0.1, -0.05) is 12.1 Å². The number of carbonyl (C=O) groups is 3. The number of carbonyl (C=O) groups excluding carboxylic acids is 3. The average Bonchev–Trinajstić information content (AvgIpc) is 2.68. The van der Waals surface area contributed by atoms with Crippen molar-refractivity contribution < 1.29 is 23.5 Å². The molecule has 27 heavy (non-hydrogen) atoms. The van der Waals surface area contributed by atoms with Crippen LogP contribution in [0, 0.1) is 5.82 Å². The molecule has 3 rings (SSSR count). The number of rotatable bonds is 6. The summed E-state index contributed by atoms with van der Waals surface area (Å²) in [5.74, 6) is -0.432. The number of ketones is 1. The van der Waals surface area contributed by atoms with Gasteiger partial charge in [0, 0.05) is 32.0 Å². The third-order valence-electron chi connectivity index (χ3n) is 4.35. The van der Waals surface area contributed by atoms with E-state index in [1.165, 1.54) is 17.0 Å². The van der Waals surface area contributed by atoms with E-state index in [4.69, 9.17) is 4.74 Å². The molecule has 2 amide bonds. The van der Waals surface area contributed by atoms with Gasteiger partial charge in [0.2, 0.25) is 5.91 Å². The molecule has 0 unspecified atom stereocenters. The van der Waals surface area contributed by atoms with Gasteiger partial charge in [-0.05, 0) is 35.9 Å². The van der Waals surface area contributed by atoms with Crippen molar-refractivity contribution in [3.8, 4) is 5.75 Å². The zero-order valence-corrected chi connectivity index (χ0v) is 14.8. The Morgan fingerprint density at radius 2 is 1.89 bits per heavy atom. The number of fused-ring (bicyclic) bond motifs is 1. The van der Waals surface area contributed by atoms with Crippen LogP contribution >= 0.6 is 0 Å². The van der Waals surface area contributed by atoms with Crippen LogP contribution in [0.25, 0.3) is 0 Å². The van der Waals surface area contributed by atoms with E-state index < -0.39 is 0 Å². The molecule has 7 heteroatoms. The van der Waals surface area contributed by atoms with Gasteiger partial charge in [0.1, 0.15) is 11.6 Å². The molecule has 0 fully saturated rings. The van der Waals surface area contributed by atoms with Crippen molar-refractivity contribution >= 4 is 23.3 Å². The first-order chi connectivity index (χ1) is 12.9. The number of nitrogens with one attached hydrogen (secondary N) is 1. The van der Waals surface area contributed by atoms with Gasteiger partial charge in [-0.15, -0.1) is 0 Å². The number of Topliss-reactive ketones (excluding diaryl/α,β-unsaturated/α-hetero) is 1. The molecule has 2 aromatic rings. The molecule has 0 saturated heterocycles. The summed E-state index contributed by atoms with van der Waals surface area (Å²) >= 11 is 0. The molecular weight excluding hydrogens is 351 g/mol. The second kappa shape index (κ2) is 7.99. The fraction of sp³-hybridized carbons (Fsp3) is 0.250. The van der Waals surface area contributed by atoms with Crippen molar-refractivity contribution in [2.75, 3.05) is 18.6 Å². The molecule has 0 aromatic heterocycles. The maximum Gasteiger partial charge on any atom is 0.264 e. The number of benzene rings is 2. The van der Waals surface area contributed by atoms with Crippen LogP contribution in [0.2, 0.25) is 0 Å². The van der Waals surface area contributed by atoms with Gasteiger partial charge in [-0.3, -0.25) is 14.4 Å². The lowest BCUT2D eigenvalue weighted by Gasteiger charge is -2.26. The first-order valence-electron chi connectivity index (χ1n) is 8.52. The summed E-state index contributed by atoms with van der Waals surface area (Å²) in [6.07, 6.45) is 0.0922. The van der Waals surface area contributed by atoms with E-state index in [0.717, 1.165) is 5.56 Å². The molecule has 1 N–H and O–H groups in total. The SMILES string of the molecule is CN1C(=O)COc2ccc(C(=O)CCC(=O)NCc3ccc(F)cc3)cc21. The summed E-state index contributed by atoms with van der Waals surface area (Å²) in [5, 5.41) is 2.70. The number of ether oxygens (including phenoxy) is 1. The smallest absolute Gasteiger partial charge is 0.264 e. The highest BCUT2D eigenvalue weighted by Gasteiger charge is 2.23. The van der Waals surface area contributed by atoms with Crippen LogP contribution < -0.4 is 15.0 Å². The molecule has 140 valence electrons. The molecule has 1 aliphatic heterocycles. The van der Waals surface area contributed by atoms with Crippen molar-refractivity contribution in [1.29, 1.82) is 0 Å². The van der Waals surface area contributed by atoms with Crippen molar-refractivity contribution in [2.24, 2.45) is 0 Å². The highest BCUT2D eigenvalue weighted by molar-refractivity contribution is 6.02. The number of nitrogens with zero attached hydrogens (tertiary/aromatic N) is 1. The van der Waals surface area contributed by atoms with E-state index in [1.54, 1.807) is 37.4 Å². The van der Waals surface area contributed by atoms with E-state index in [0.29, 0.717) is 17.0 Å². The predicted molar refractivity (Wildman–Crippen MR) is 97.2 cm³/mol. The molecule has 1 heterocycles. The second-order valence-corrected chi connectivity index (χ2v) is 6.25. The highest BCUT2D eigenvalue weighted by atomic mass is 19.1. The van der Waals surface area contributed by atoms with Crippen molar-refractivity contribution in [3.05, 3.63) is 59.4 Å². The Balaban J connectivity index is 1.54. The van der Waals surface area contributed by atoms with Gasteiger partial charge in [-0.25, -0.2) is 4.39 Å². The molecule has 0 spiro atoms. The summed E-state index contributed by atoms with van der Waals surface area (Å²) in [4.78, 5) is 37.5. The topological polar surface area (TPSA) is 75.7 Å². The quantitative estimate of drug-likeness (QED) is 0.793. The lowest BCUT2D eigenvalue weighted by molar-refractivity contribution is -0.121. The molecule has 0 atom stereocenters. The van der Waals surface area contributed by atoms with Crippen LogP contribution in [0.5, 0.6) is 5.75 Å². The summed E-state index contributed by atoms with van der Waals surface area (Å²) in [6, 6.07) is 10.7. The van der Waals surface area contributed by atoms with E-state index in [1.807, 2.05) is 0 Å². The van der Waals surface area contributed by atoms with Gasteiger partial charge in [0.25, 0.3) is 5.91 Å². The molecular formula is C20H19FN2O4. The Labute approximate surface area is 155 Å². The van der Waals surface area contributed by atoms with Gasteiger partial charge in [0.05, 0.1) is 5.69 Å². The minimum absolute atomic E-state index is 0.0228. The van der Waals surface area contributed by atoms with Crippen molar-refractivity contribution in [3.63, 3.8) is 0 Å². The number of amides is 2. The summed E-state index contributed by atoms with van der Waals surface area (Å²) in [5.41, 5.74) is 1.74. The van der Waals surface area contributed by atoms with Crippen LogP contribution in [0.3, 0.4) is 0 Å². The van der Waals surface area contributed by atoms with Crippen LogP contribution in [0.4, 0.5) is 10.1 Å². The van der Waals surface area contributed by atoms with Crippen LogP contribution in [-0.2, 0) is 16.1 Å². The first kappa shape index (κ1) is 18.6. The number of halogens is 1. The third kappa shape index (κ3) is 4.49. The van der Waals surface area contributed by atoms with E-state index in [2.05, 4.69) is 5.32 Å². The molecule has 0 saturated carbocycles. The molecule has 6 nitrogen and oxygen atoms in total. The fourth-order valence-corrected chi connectivity index (χ4v) is 2.71. The monoisotopic (exact) mass is 370 g/mol. The Morgan fingerprint density at radius 3 is 2.63 bits per heavy atom. The zero-order valence-electron chi connectivity index (χ0n) is 14.8. The summed E-state index contributed by atoms with van der Waals surface area (Å²) in [6.45, 7) is 0.251. The Kier molecular flexibility index (Phi) is 5.49. The largest absolute Gasteiger partial charge is 0.482 e. The summed E-state index contributed by atoms with van der Waals surface area (Å²) in [7, 11) is 1.63. The van der Waals surface area contributed by atoms with E-state index in [-0.39, 0.29) is 49.4 Å². The fourth-order valence-electron chi connectivity index (χ4n) is 2.71. The number of hydrogen-bond acceptors (Lipinski definition) is 4. The maximum absolute atomic E-state index is 12.9. The predicted octanol–water partition coefficient (Wildman–Crippen LogP) is 2.46. The molecule has 0 radical (unpaired) electrons. The highest BCUT2D eigenvalue weighted by Crippen LogP contribution is 2.32. The third-order valence-corrected chi connectivity index (χ3v) is 4.35. The summed E-state index contributed by atoms with van der Waals surface area (Å²) < 4.78 is 18.2. The van der Waals surface area contributed by atoms with Crippen molar-refractivity contribution in [1.82, 2.24) is 5.32 Å². The lowest BCUT2D eigenvalue weighted by atomic mass is 10.0. The Morgan fingerprint density at radius 1 is 1.15 bits per heavy atom. The molecule has 1 aliphatic rings. The minimum atomic E-state index is -0.335. The normalized spacial score (nSPS) is 13.0. The lowest BCUT2D eigenvalue weighted by Crippen LogP contribution is -2.35. The van der Waals surface area contributed by atoms with Crippen LogP contribution in [-0.4, -0.2) is 31.3 Å². The molecule has 0 aliphatic carbocycles. The van der Waals surface area contributed by atoms with Crippen molar-refractivity contribution in [2.45, 2.75) is 19.4 Å². The Bertz CT molecular complexity index is 880. The number of likely N-dealkylation sites (N-methyl/N-ethyl adjacent to an activating group) is 1. The Hall–Kier alpha value is -3.22. The van der Waals surface area contributed by atoms with E-state index >= 15 is 0 Å². The second-order valence-electron chi connectivity index (χ2n) is 6.25. The van der Waals surface area contributed by atoms with E-state index in [9.17, 15) is 18.8 Å². The minimum Gasteiger partial charge on any atom is -0.482 e. The van der Waals surface area contributed by atoms with Gasteiger partial charge < -0.3 is 15.0 Å². The van der Waals surface area contributed by atoms with Gasteiger partial charge in [0.15, 0.2) is 12.4 Å². The van der Waals surface area contributed by atoms with Gasteiger partial charge in [-0.2, -0.15) is 0 Å². The maximum atomic E-state index is 12.9. The average molecular weight is 370 g/mol. The number of anilines is 1. The zero-order chi connectivity index (χ0) is 19.4. The van der Waals surface area contributed by atoms with Crippen LogP contribution in [0.15, 0.2) is 42.5 Å². The molecule has 2 aromatic carbocycles. The van der Waals surface area contributed by atoms with Gasteiger partial charge >= 0.3 is 0 Å². The molecule has 0 bridgehead atoms.